The zero-order valence-electron chi connectivity index (χ0n) is 15.7. The maximum absolute atomic E-state index is 14.0. The molecule has 1 amide bonds. The summed E-state index contributed by atoms with van der Waals surface area (Å²) in [6, 6.07) is 17.3. The van der Waals surface area contributed by atoms with Crippen molar-refractivity contribution >= 4 is 17.0 Å². The Labute approximate surface area is 166 Å². The lowest BCUT2D eigenvalue weighted by Crippen LogP contribution is -2.37. The number of oxazole rings is 1. The molecule has 146 valence electrons. The van der Waals surface area contributed by atoms with Gasteiger partial charge in [0.15, 0.2) is 17.2 Å². The summed E-state index contributed by atoms with van der Waals surface area (Å²) in [4.78, 5) is 19.2. The number of piperidine rings is 1. The molecule has 1 saturated heterocycles. The fraction of sp³-hybridized carbons (Fsp3) is 0.217. The number of para-hydroxylation sites is 2. The summed E-state index contributed by atoms with van der Waals surface area (Å²) in [6.07, 6.45) is 1.55. The summed E-state index contributed by atoms with van der Waals surface area (Å²) in [5.41, 5.74) is 2.00. The molecule has 29 heavy (non-hydrogen) atoms. The standard InChI is InChI=1S/C23H19FN2O3/c24-17-6-2-1-5-16(17)19-9-10-21(28-19)23(27)26-13-11-15(12-14-26)22-25-18-7-3-4-8-20(18)29-22/h1-10,15H,11-14H2. The third-order valence-electron chi connectivity index (χ3n) is 5.40. The fourth-order valence-corrected chi connectivity index (χ4v) is 3.81. The Kier molecular flexibility index (Phi) is 4.39. The second-order valence-corrected chi connectivity index (χ2v) is 7.23. The van der Waals surface area contributed by atoms with E-state index in [1.807, 2.05) is 24.3 Å². The van der Waals surface area contributed by atoms with Crippen LogP contribution in [-0.4, -0.2) is 28.9 Å². The summed E-state index contributed by atoms with van der Waals surface area (Å²) >= 11 is 0. The minimum atomic E-state index is -0.375. The van der Waals surface area contributed by atoms with E-state index in [0.29, 0.717) is 24.4 Å². The number of hydrogen-bond acceptors (Lipinski definition) is 4. The second-order valence-electron chi connectivity index (χ2n) is 7.23. The van der Waals surface area contributed by atoms with Crippen LogP contribution >= 0.6 is 0 Å². The molecule has 5 nitrogen and oxygen atoms in total. The number of nitrogens with zero attached hydrogens (tertiary/aromatic N) is 2. The van der Waals surface area contributed by atoms with Crippen LogP contribution in [0.1, 0.15) is 35.2 Å². The summed E-state index contributed by atoms with van der Waals surface area (Å²) in [5, 5.41) is 0. The van der Waals surface area contributed by atoms with E-state index >= 15 is 0 Å². The predicted octanol–water partition coefficient (Wildman–Crippen LogP) is 5.25. The van der Waals surface area contributed by atoms with E-state index in [2.05, 4.69) is 4.98 Å². The van der Waals surface area contributed by atoms with Crippen LogP contribution < -0.4 is 0 Å². The molecule has 1 aliphatic rings. The molecule has 1 fully saturated rings. The van der Waals surface area contributed by atoms with E-state index in [4.69, 9.17) is 8.83 Å². The first-order valence-corrected chi connectivity index (χ1v) is 9.68. The number of aromatic nitrogens is 1. The minimum Gasteiger partial charge on any atom is -0.451 e. The monoisotopic (exact) mass is 390 g/mol. The van der Waals surface area contributed by atoms with Crippen LogP contribution in [0.5, 0.6) is 0 Å². The van der Waals surface area contributed by atoms with Crippen LogP contribution in [-0.2, 0) is 0 Å². The molecule has 0 saturated carbocycles. The van der Waals surface area contributed by atoms with Crippen molar-refractivity contribution in [1.29, 1.82) is 0 Å². The molecule has 3 heterocycles. The van der Waals surface area contributed by atoms with Crippen molar-refractivity contribution in [3.8, 4) is 11.3 Å². The number of amides is 1. The molecule has 0 spiro atoms. The predicted molar refractivity (Wildman–Crippen MR) is 106 cm³/mol. The van der Waals surface area contributed by atoms with Gasteiger partial charge in [0.2, 0.25) is 0 Å². The number of halogens is 1. The third-order valence-corrected chi connectivity index (χ3v) is 5.40. The van der Waals surface area contributed by atoms with Gasteiger partial charge in [0.1, 0.15) is 17.1 Å². The number of furan rings is 1. The largest absolute Gasteiger partial charge is 0.451 e. The molecule has 0 aliphatic carbocycles. The van der Waals surface area contributed by atoms with Gasteiger partial charge in [-0.05, 0) is 49.2 Å². The van der Waals surface area contributed by atoms with Crippen LogP contribution in [0, 0.1) is 5.82 Å². The molecular formula is C23H19FN2O3. The molecular weight excluding hydrogens is 371 g/mol. The highest BCUT2D eigenvalue weighted by molar-refractivity contribution is 5.92. The van der Waals surface area contributed by atoms with Gasteiger partial charge in [0, 0.05) is 19.0 Å². The van der Waals surface area contributed by atoms with Crippen LogP contribution in [0.15, 0.2) is 69.5 Å². The lowest BCUT2D eigenvalue weighted by Gasteiger charge is -2.29. The lowest BCUT2D eigenvalue weighted by molar-refractivity contribution is 0.0675. The number of carbonyl (C=O) groups is 1. The van der Waals surface area contributed by atoms with E-state index in [0.717, 1.165) is 29.8 Å². The number of benzene rings is 2. The molecule has 6 heteroatoms. The molecule has 2 aromatic heterocycles. The first kappa shape index (κ1) is 17.7. The van der Waals surface area contributed by atoms with Gasteiger partial charge in [0.05, 0.1) is 5.56 Å². The lowest BCUT2D eigenvalue weighted by atomic mass is 9.96. The Balaban J connectivity index is 1.27. The number of rotatable bonds is 3. The number of likely N-dealkylation sites (tertiary alicyclic amines) is 1. The van der Waals surface area contributed by atoms with Crippen molar-refractivity contribution in [3.63, 3.8) is 0 Å². The maximum atomic E-state index is 14.0. The van der Waals surface area contributed by atoms with Crippen LogP contribution in [0.4, 0.5) is 4.39 Å². The molecule has 0 atom stereocenters. The minimum absolute atomic E-state index is 0.177. The molecule has 0 radical (unpaired) electrons. The molecule has 0 unspecified atom stereocenters. The number of hydrogen-bond donors (Lipinski definition) is 0. The van der Waals surface area contributed by atoms with E-state index in [9.17, 15) is 9.18 Å². The van der Waals surface area contributed by atoms with Crippen molar-refractivity contribution in [1.82, 2.24) is 9.88 Å². The molecule has 2 aromatic carbocycles. The number of fused-ring (bicyclic) bond motifs is 1. The van der Waals surface area contributed by atoms with E-state index in [1.54, 1.807) is 35.2 Å². The van der Waals surface area contributed by atoms with Crippen molar-refractivity contribution in [2.24, 2.45) is 0 Å². The first-order chi connectivity index (χ1) is 14.2. The zero-order chi connectivity index (χ0) is 19.8. The summed E-state index contributed by atoms with van der Waals surface area (Å²) in [6.45, 7) is 1.19. The Hall–Kier alpha value is -3.41. The molecule has 0 N–H and O–H groups in total. The smallest absolute Gasteiger partial charge is 0.289 e. The molecule has 0 bridgehead atoms. The van der Waals surface area contributed by atoms with Crippen molar-refractivity contribution in [2.45, 2.75) is 18.8 Å². The molecule has 4 aromatic rings. The van der Waals surface area contributed by atoms with Crippen LogP contribution in [0.2, 0.25) is 0 Å². The van der Waals surface area contributed by atoms with Crippen molar-refractivity contribution in [3.05, 3.63) is 78.1 Å². The Morgan fingerprint density at radius 1 is 0.966 bits per heavy atom. The highest BCUT2D eigenvalue weighted by Gasteiger charge is 2.29. The topological polar surface area (TPSA) is 59.5 Å². The summed E-state index contributed by atoms with van der Waals surface area (Å²) in [7, 11) is 0. The van der Waals surface area contributed by atoms with Crippen LogP contribution in [0.25, 0.3) is 22.4 Å². The van der Waals surface area contributed by atoms with Crippen molar-refractivity contribution < 1.29 is 18.0 Å². The highest BCUT2D eigenvalue weighted by atomic mass is 19.1. The van der Waals surface area contributed by atoms with Gasteiger partial charge < -0.3 is 13.7 Å². The first-order valence-electron chi connectivity index (χ1n) is 9.68. The van der Waals surface area contributed by atoms with E-state index in [1.165, 1.54) is 6.07 Å². The summed E-state index contributed by atoms with van der Waals surface area (Å²) < 4.78 is 25.5. The second kappa shape index (κ2) is 7.20. The van der Waals surface area contributed by atoms with Gasteiger partial charge in [-0.1, -0.05) is 24.3 Å². The van der Waals surface area contributed by atoms with Gasteiger partial charge in [-0.15, -0.1) is 0 Å². The quantitative estimate of drug-likeness (QED) is 0.480. The molecule has 1 aliphatic heterocycles. The Bertz CT molecular complexity index is 1140. The van der Waals surface area contributed by atoms with E-state index in [-0.39, 0.29) is 23.4 Å². The third kappa shape index (κ3) is 3.31. The van der Waals surface area contributed by atoms with Gasteiger partial charge in [-0.2, -0.15) is 0 Å². The van der Waals surface area contributed by atoms with Gasteiger partial charge in [-0.25, -0.2) is 9.37 Å². The van der Waals surface area contributed by atoms with Crippen LogP contribution in [0.3, 0.4) is 0 Å². The zero-order valence-corrected chi connectivity index (χ0v) is 15.7. The fourth-order valence-electron chi connectivity index (χ4n) is 3.81. The SMILES string of the molecule is O=C(c1ccc(-c2ccccc2F)o1)N1CCC(c2nc3ccccc3o2)CC1. The normalized spacial score (nSPS) is 15.1. The molecule has 5 rings (SSSR count). The average molecular weight is 390 g/mol. The Morgan fingerprint density at radius 2 is 1.72 bits per heavy atom. The van der Waals surface area contributed by atoms with Gasteiger partial charge in [0.25, 0.3) is 5.91 Å². The number of carbonyl (C=O) groups excluding carboxylic acids is 1. The van der Waals surface area contributed by atoms with Gasteiger partial charge >= 0.3 is 0 Å². The van der Waals surface area contributed by atoms with Gasteiger partial charge in [-0.3, -0.25) is 4.79 Å². The highest BCUT2D eigenvalue weighted by Crippen LogP contribution is 2.31. The average Bonchev–Trinajstić information content (AvgIpc) is 3.41. The summed E-state index contributed by atoms with van der Waals surface area (Å²) in [5.74, 6) is 0.954. The van der Waals surface area contributed by atoms with Crippen molar-refractivity contribution in [2.75, 3.05) is 13.1 Å². The maximum Gasteiger partial charge on any atom is 0.289 e. The van der Waals surface area contributed by atoms with E-state index < -0.39 is 0 Å². The Morgan fingerprint density at radius 3 is 2.52 bits per heavy atom.